The van der Waals surface area contributed by atoms with Crippen LogP contribution in [-0.4, -0.2) is 46.5 Å². The number of benzene rings is 2. The Morgan fingerprint density at radius 2 is 1.79 bits per heavy atom. The lowest BCUT2D eigenvalue weighted by Gasteiger charge is -2.32. The standard InChI is InChI=1S/C29H33N5O3S/c1-3-37-25-7-5-4-6-22(25)18-31-27(35)24-13-8-19(2)32-26(24)20-14-16-34(17-15-20)28(36)21-9-11-23(12-10-21)33-29(30)38/h4-13,20H,3,14-18H2,1-2H3,(H,31,35)(H3,30,33,38). The van der Waals surface area contributed by atoms with Gasteiger partial charge in [-0.1, -0.05) is 18.2 Å². The van der Waals surface area contributed by atoms with Crippen LogP contribution in [0.1, 0.15) is 63.4 Å². The van der Waals surface area contributed by atoms with Gasteiger partial charge in [-0.2, -0.15) is 0 Å². The number of ether oxygens (including phenoxy) is 1. The largest absolute Gasteiger partial charge is 0.494 e. The van der Waals surface area contributed by atoms with Crippen LogP contribution >= 0.6 is 12.2 Å². The van der Waals surface area contributed by atoms with Gasteiger partial charge in [-0.3, -0.25) is 14.6 Å². The first-order chi connectivity index (χ1) is 18.4. The zero-order valence-electron chi connectivity index (χ0n) is 21.7. The number of carbonyl (C=O) groups excluding carboxylic acids is 2. The lowest BCUT2D eigenvalue weighted by molar-refractivity contribution is 0.0710. The Morgan fingerprint density at radius 1 is 1.08 bits per heavy atom. The van der Waals surface area contributed by atoms with Gasteiger partial charge in [-0.15, -0.1) is 0 Å². The molecular weight excluding hydrogens is 498 g/mol. The Balaban J connectivity index is 1.41. The molecule has 9 heteroatoms. The van der Waals surface area contributed by atoms with E-state index >= 15 is 0 Å². The SMILES string of the molecule is CCOc1ccccc1CNC(=O)c1ccc(C)nc1C1CCN(C(=O)c2ccc(NC(N)=S)cc2)CC1. The molecule has 0 aliphatic carbocycles. The highest BCUT2D eigenvalue weighted by Gasteiger charge is 2.28. The van der Waals surface area contributed by atoms with Crippen LogP contribution in [0.4, 0.5) is 5.69 Å². The molecule has 0 atom stereocenters. The van der Waals surface area contributed by atoms with Gasteiger partial charge in [0.25, 0.3) is 11.8 Å². The number of nitrogens with one attached hydrogen (secondary N) is 2. The fraction of sp³-hybridized carbons (Fsp3) is 0.310. The Kier molecular flexibility index (Phi) is 8.91. The second kappa shape index (κ2) is 12.5. The Hall–Kier alpha value is -3.98. The van der Waals surface area contributed by atoms with Crippen molar-refractivity contribution in [1.29, 1.82) is 0 Å². The lowest BCUT2D eigenvalue weighted by atomic mass is 9.89. The van der Waals surface area contributed by atoms with Crippen molar-refractivity contribution in [3.8, 4) is 5.75 Å². The molecule has 1 fully saturated rings. The van der Waals surface area contributed by atoms with E-state index in [9.17, 15) is 9.59 Å². The first-order valence-corrected chi connectivity index (χ1v) is 13.2. The van der Waals surface area contributed by atoms with Crippen molar-refractivity contribution >= 4 is 34.8 Å². The maximum atomic E-state index is 13.2. The van der Waals surface area contributed by atoms with Crippen molar-refractivity contribution in [3.63, 3.8) is 0 Å². The minimum Gasteiger partial charge on any atom is -0.494 e. The number of thiocarbonyl (C=S) groups is 1. The molecule has 0 saturated carbocycles. The summed E-state index contributed by atoms with van der Waals surface area (Å²) in [5.74, 6) is 0.673. The smallest absolute Gasteiger partial charge is 0.253 e. The average Bonchev–Trinajstić information content (AvgIpc) is 2.92. The molecule has 1 aliphatic heterocycles. The second-order valence-corrected chi connectivity index (χ2v) is 9.68. The summed E-state index contributed by atoms with van der Waals surface area (Å²) in [5.41, 5.74) is 10.0. The van der Waals surface area contributed by atoms with Crippen molar-refractivity contribution in [1.82, 2.24) is 15.2 Å². The van der Waals surface area contributed by atoms with Crippen LogP contribution < -0.4 is 21.1 Å². The number of nitrogens with zero attached hydrogens (tertiary/aromatic N) is 2. The number of rotatable bonds is 8. The number of carbonyl (C=O) groups is 2. The number of aromatic nitrogens is 1. The first-order valence-electron chi connectivity index (χ1n) is 12.8. The number of hydrogen-bond donors (Lipinski definition) is 3. The van der Waals surface area contributed by atoms with E-state index in [2.05, 4.69) is 10.6 Å². The summed E-state index contributed by atoms with van der Waals surface area (Å²) in [5, 5.41) is 6.07. The third-order valence-electron chi connectivity index (χ3n) is 6.59. The van der Waals surface area contributed by atoms with E-state index in [0.29, 0.717) is 37.4 Å². The van der Waals surface area contributed by atoms with Gasteiger partial charge >= 0.3 is 0 Å². The molecular formula is C29H33N5O3S. The molecule has 4 rings (SSSR count). The van der Waals surface area contributed by atoms with Crippen LogP contribution in [0.5, 0.6) is 5.75 Å². The first kappa shape index (κ1) is 27.1. The molecule has 38 heavy (non-hydrogen) atoms. The van der Waals surface area contributed by atoms with Crippen LogP contribution in [0, 0.1) is 6.92 Å². The van der Waals surface area contributed by atoms with Crippen molar-refractivity contribution < 1.29 is 14.3 Å². The van der Waals surface area contributed by atoms with Gasteiger partial charge in [0.1, 0.15) is 5.75 Å². The number of para-hydroxylation sites is 1. The maximum absolute atomic E-state index is 13.2. The lowest BCUT2D eigenvalue weighted by Crippen LogP contribution is -2.38. The molecule has 8 nitrogen and oxygen atoms in total. The molecule has 1 saturated heterocycles. The molecule has 2 amide bonds. The van der Waals surface area contributed by atoms with Crippen molar-refractivity contribution in [2.75, 3.05) is 25.0 Å². The minimum atomic E-state index is -0.164. The minimum absolute atomic E-state index is 0.0199. The molecule has 1 aromatic heterocycles. The summed E-state index contributed by atoms with van der Waals surface area (Å²) >= 11 is 4.86. The van der Waals surface area contributed by atoms with Crippen LogP contribution in [-0.2, 0) is 6.54 Å². The highest BCUT2D eigenvalue weighted by Crippen LogP contribution is 2.30. The Morgan fingerprint density at radius 3 is 2.47 bits per heavy atom. The second-order valence-electron chi connectivity index (χ2n) is 9.24. The summed E-state index contributed by atoms with van der Waals surface area (Å²) in [6, 6.07) is 18.5. The van der Waals surface area contributed by atoms with E-state index in [1.807, 2.05) is 55.1 Å². The van der Waals surface area contributed by atoms with Crippen LogP contribution in [0.15, 0.2) is 60.7 Å². The van der Waals surface area contributed by atoms with E-state index in [4.69, 9.17) is 27.7 Å². The normalized spacial score (nSPS) is 13.6. The fourth-order valence-electron chi connectivity index (χ4n) is 4.67. The number of anilines is 1. The Bertz CT molecular complexity index is 1300. The summed E-state index contributed by atoms with van der Waals surface area (Å²) in [4.78, 5) is 32.9. The van der Waals surface area contributed by atoms with Gasteiger partial charge in [-0.05, 0) is 81.4 Å². The van der Waals surface area contributed by atoms with E-state index in [1.165, 1.54) is 0 Å². The number of hydrogen-bond acceptors (Lipinski definition) is 5. The van der Waals surface area contributed by atoms with Gasteiger partial charge < -0.3 is 26.0 Å². The predicted molar refractivity (Wildman–Crippen MR) is 152 cm³/mol. The number of pyridine rings is 1. The van der Waals surface area contributed by atoms with Gasteiger partial charge in [0.05, 0.1) is 17.9 Å². The van der Waals surface area contributed by atoms with Gasteiger partial charge in [0.2, 0.25) is 0 Å². The topological polar surface area (TPSA) is 110 Å². The van der Waals surface area contributed by atoms with E-state index < -0.39 is 0 Å². The van der Waals surface area contributed by atoms with Gasteiger partial charge in [0, 0.05) is 48.1 Å². The third-order valence-corrected chi connectivity index (χ3v) is 6.69. The molecule has 3 aromatic rings. The van der Waals surface area contributed by atoms with Gasteiger partial charge in [-0.25, -0.2) is 0 Å². The molecule has 0 spiro atoms. The molecule has 0 radical (unpaired) electrons. The molecule has 2 heterocycles. The summed E-state index contributed by atoms with van der Waals surface area (Å²) in [6.45, 7) is 5.97. The van der Waals surface area contributed by atoms with Crippen molar-refractivity contribution in [3.05, 3.63) is 88.7 Å². The zero-order chi connectivity index (χ0) is 27.1. The maximum Gasteiger partial charge on any atom is 0.253 e. The van der Waals surface area contributed by atoms with Crippen LogP contribution in [0.3, 0.4) is 0 Å². The monoisotopic (exact) mass is 531 g/mol. The van der Waals surface area contributed by atoms with E-state index in [-0.39, 0.29) is 22.8 Å². The molecule has 198 valence electrons. The molecule has 0 unspecified atom stereocenters. The number of piperidine rings is 1. The van der Waals surface area contributed by atoms with Crippen molar-refractivity contribution in [2.45, 2.75) is 39.2 Å². The summed E-state index contributed by atoms with van der Waals surface area (Å²) in [6.07, 6.45) is 1.47. The number of aryl methyl sites for hydroxylation is 1. The third kappa shape index (κ3) is 6.66. The van der Waals surface area contributed by atoms with Gasteiger partial charge in [0.15, 0.2) is 5.11 Å². The zero-order valence-corrected chi connectivity index (χ0v) is 22.5. The Labute approximate surface area is 228 Å². The highest BCUT2D eigenvalue weighted by atomic mass is 32.1. The quantitative estimate of drug-likeness (QED) is 0.370. The number of amides is 2. The van der Waals surface area contributed by atoms with Crippen LogP contribution in [0.25, 0.3) is 0 Å². The fourth-order valence-corrected chi connectivity index (χ4v) is 4.79. The van der Waals surface area contributed by atoms with E-state index in [1.54, 1.807) is 24.3 Å². The number of nitrogens with two attached hydrogens (primary N) is 1. The molecule has 1 aliphatic rings. The summed E-state index contributed by atoms with van der Waals surface area (Å²) in [7, 11) is 0. The number of likely N-dealkylation sites (tertiary alicyclic amines) is 1. The van der Waals surface area contributed by atoms with Crippen molar-refractivity contribution in [2.24, 2.45) is 5.73 Å². The summed E-state index contributed by atoms with van der Waals surface area (Å²) < 4.78 is 5.68. The molecule has 0 bridgehead atoms. The average molecular weight is 532 g/mol. The molecule has 2 aromatic carbocycles. The highest BCUT2D eigenvalue weighted by molar-refractivity contribution is 7.80. The van der Waals surface area contributed by atoms with E-state index in [0.717, 1.165) is 41.2 Å². The van der Waals surface area contributed by atoms with Crippen LogP contribution in [0.2, 0.25) is 0 Å². The predicted octanol–water partition coefficient (Wildman–Crippen LogP) is 4.39. The molecule has 4 N–H and O–H groups in total.